The van der Waals surface area contributed by atoms with Gasteiger partial charge < -0.3 is 9.30 Å². The number of carbonyl (C=O) groups excluding carboxylic acids is 2. The van der Waals surface area contributed by atoms with Crippen LogP contribution in [0.3, 0.4) is 0 Å². The summed E-state index contributed by atoms with van der Waals surface area (Å²) >= 11 is 1.51. The summed E-state index contributed by atoms with van der Waals surface area (Å²) in [6, 6.07) is 18.3. The number of carbonyl (C=O) groups is 2. The molecule has 4 aromatic rings. The van der Waals surface area contributed by atoms with Gasteiger partial charge in [0.15, 0.2) is 0 Å². The number of amides is 2. The molecule has 0 radical (unpaired) electrons. The van der Waals surface area contributed by atoms with E-state index in [1.807, 2.05) is 54.1 Å². The summed E-state index contributed by atoms with van der Waals surface area (Å²) in [6.45, 7) is 4.18. The summed E-state index contributed by atoms with van der Waals surface area (Å²) in [5.41, 5.74) is 11.2. The number of thiazole rings is 1. The van der Waals surface area contributed by atoms with Gasteiger partial charge in [-0.3, -0.25) is 20.4 Å². The molecular weight excluding hydrogens is 424 g/mol. The van der Waals surface area contributed by atoms with E-state index in [0.717, 1.165) is 22.8 Å². The number of hydrogen-bond acceptors (Lipinski definition) is 5. The number of aromatic nitrogens is 2. The van der Waals surface area contributed by atoms with Gasteiger partial charge in [-0.25, -0.2) is 4.98 Å². The first-order chi connectivity index (χ1) is 15.5. The fourth-order valence-corrected chi connectivity index (χ4v) is 3.93. The topological polar surface area (TPSA) is 85.2 Å². The molecule has 0 saturated heterocycles. The van der Waals surface area contributed by atoms with Crippen molar-refractivity contribution >= 4 is 23.2 Å². The SMILES string of the molecule is Cc1cc(C(=O)NNC(=O)c2ccc(OCc3cscn3)cc2)c(C)n1-c1ccccc1. The van der Waals surface area contributed by atoms with Gasteiger partial charge in [0.25, 0.3) is 11.8 Å². The Bertz CT molecular complexity index is 1220. The van der Waals surface area contributed by atoms with Gasteiger partial charge in [0.1, 0.15) is 12.4 Å². The van der Waals surface area contributed by atoms with Crippen molar-refractivity contribution in [3.63, 3.8) is 0 Å². The van der Waals surface area contributed by atoms with Crippen molar-refractivity contribution in [2.75, 3.05) is 0 Å². The molecule has 0 unspecified atom stereocenters. The van der Waals surface area contributed by atoms with Crippen LogP contribution in [-0.4, -0.2) is 21.4 Å². The molecule has 2 aromatic carbocycles. The Hall–Kier alpha value is -3.91. The van der Waals surface area contributed by atoms with Crippen LogP contribution in [0.25, 0.3) is 5.69 Å². The fraction of sp³-hybridized carbons (Fsp3) is 0.125. The van der Waals surface area contributed by atoms with Gasteiger partial charge in [-0.05, 0) is 56.3 Å². The Morgan fingerprint density at radius 1 is 1.00 bits per heavy atom. The number of nitrogens with one attached hydrogen (secondary N) is 2. The van der Waals surface area contributed by atoms with Crippen LogP contribution in [-0.2, 0) is 6.61 Å². The van der Waals surface area contributed by atoms with Crippen LogP contribution in [0.4, 0.5) is 0 Å². The van der Waals surface area contributed by atoms with Gasteiger partial charge in [-0.1, -0.05) is 18.2 Å². The molecule has 162 valence electrons. The molecule has 0 saturated carbocycles. The van der Waals surface area contributed by atoms with E-state index < -0.39 is 5.91 Å². The molecule has 0 aliphatic heterocycles. The van der Waals surface area contributed by atoms with Gasteiger partial charge >= 0.3 is 0 Å². The lowest BCUT2D eigenvalue weighted by Gasteiger charge is -2.10. The molecular formula is C24H22N4O3S. The predicted octanol–water partition coefficient (Wildman–Crippen LogP) is 4.20. The standard InChI is InChI=1S/C24H22N4O3S/c1-16-12-22(17(2)28(16)20-6-4-3-5-7-20)24(30)27-26-23(29)18-8-10-21(11-9-18)31-13-19-14-32-15-25-19/h3-12,14-15H,13H2,1-2H3,(H,26,29)(H,27,30). The van der Waals surface area contributed by atoms with Gasteiger partial charge in [0.2, 0.25) is 0 Å². The van der Waals surface area contributed by atoms with Crippen LogP contribution >= 0.6 is 11.3 Å². The molecule has 0 spiro atoms. The zero-order chi connectivity index (χ0) is 22.5. The number of aryl methyl sites for hydroxylation is 1. The van der Waals surface area contributed by atoms with E-state index in [1.165, 1.54) is 11.3 Å². The van der Waals surface area contributed by atoms with Crippen LogP contribution in [0, 0.1) is 13.8 Å². The summed E-state index contributed by atoms with van der Waals surface area (Å²) in [5.74, 6) is -0.162. The van der Waals surface area contributed by atoms with Crippen molar-refractivity contribution in [2.24, 2.45) is 0 Å². The van der Waals surface area contributed by atoms with E-state index in [1.54, 1.807) is 35.8 Å². The molecule has 2 amide bonds. The third-order valence-corrected chi connectivity index (χ3v) is 5.60. The number of hydrazine groups is 1. The minimum atomic E-state index is -0.415. The van der Waals surface area contributed by atoms with Crippen LogP contribution in [0.15, 0.2) is 71.6 Å². The quantitative estimate of drug-likeness (QED) is 0.435. The second-order valence-corrected chi connectivity index (χ2v) is 7.88. The summed E-state index contributed by atoms with van der Waals surface area (Å²) in [4.78, 5) is 29.3. The number of para-hydroxylation sites is 1. The van der Waals surface area contributed by atoms with Crippen LogP contribution < -0.4 is 15.6 Å². The Morgan fingerprint density at radius 2 is 1.72 bits per heavy atom. The zero-order valence-electron chi connectivity index (χ0n) is 17.7. The molecule has 0 aliphatic rings. The number of rotatable bonds is 6. The minimum absolute atomic E-state index is 0.368. The fourth-order valence-electron chi connectivity index (χ4n) is 3.39. The van der Waals surface area contributed by atoms with Crippen molar-refractivity contribution < 1.29 is 14.3 Å². The number of nitrogens with zero attached hydrogens (tertiary/aromatic N) is 2. The Kier molecular flexibility index (Phi) is 6.32. The first-order valence-corrected chi connectivity index (χ1v) is 10.9. The highest BCUT2D eigenvalue weighted by atomic mass is 32.1. The first-order valence-electron chi connectivity index (χ1n) is 9.98. The molecule has 0 atom stereocenters. The highest BCUT2D eigenvalue weighted by Crippen LogP contribution is 2.20. The van der Waals surface area contributed by atoms with E-state index in [0.29, 0.717) is 23.5 Å². The second kappa shape index (κ2) is 9.49. The van der Waals surface area contributed by atoms with Crippen molar-refractivity contribution in [3.05, 3.63) is 99.8 Å². The number of hydrogen-bond donors (Lipinski definition) is 2. The maximum Gasteiger partial charge on any atom is 0.271 e. The van der Waals surface area contributed by atoms with Gasteiger partial charge in [-0.15, -0.1) is 11.3 Å². The molecule has 4 rings (SSSR count). The van der Waals surface area contributed by atoms with Crippen molar-refractivity contribution in [3.8, 4) is 11.4 Å². The minimum Gasteiger partial charge on any atom is -0.487 e. The highest BCUT2D eigenvalue weighted by molar-refractivity contribution is 7.07. The van der Waals surface area contributed by atoms with Gasteiger partial charge in [0, 0.05) is 28.0 Å². The van der Waals surface area contributed by atoms with E-state index in [2.05, 4.69) is 15.8 Å². The maximum absolute atomic E-state index is 12.7. The van der Waals surface area contributed by atoms with Gasteiger partial charge in [0.05, 0.1) is 16.8 Å². The number of ether oxygens (including phenoxy) is 1. The van der Waals surface area contributed by atoms with E-state index in [9.17, 15) is 9.59 Å². The third-order valence-electron chi connectivity index (χ3n) is 4.97. The summed E-state index contributed by atoms with van der Waals surface area (Å²) in [5, 5.41) is 1.92. The zero-order valence-corrected chi connectivity index (χ0v) is 18.5. The summed E-state index contributed by atoms with van der Waals surface area (Å²) in [6.07, 6.45) is 0. The molecule has 8 heteroatoms. The lowest BCUT2D eigenvalue weighted by Crippen LogP contribution is -2.41. The molecule has 2 heterocycles. The van der Waals surface area contributed by atoms with Crippen LogP contribution in [0.1, 0.15) is 37.8 Å². The number of benzene rings is 2. The summed E-state index contributed by atoms with van der Waals surface area (Å²) < 4.78 is 7.65. The van der Waals surface area contributed by atoms with E-state index in [4.69, 9.17) is 4.74 Å². The average Bonchev–Trinajstić information content (AvgIpc) is 3.44. The van der Waals surface area contributed by atoms with Crippen LogP contribution in [0.2, 0.25) is 0 Å². The van der Waals surface area contributed by atoms with E-state index >= 15 is 0 Å². The molecule has 7 nitrogen and oxygen atoms in total. The van der Waals surface area contributed by atoms with Gasteiger partial charge in [-0.2, -0.15) is 0 Å². The Labute approximate surface area is 189 Å². The maximum atomic E-state index is 12.7. The Morgan fingerprint density at radius 3 is 2.41 bits per heavy atom. The van der Waals surface area contributed by atoms with Crippen molar-refractivity contribution in [2.45, 2.75) is 20.5 Å². The van der Waals surface area contributed by atoms with Crippen LogP contribution in [0.5, 0.6) is 5.75 Å². The Balaban J connectivity index is 1.36. The average molecular weight is 447 g/mol. The predicted molar refractivity (Wildman–Crippen MR) is 123 cm³/mol. The first kappa shape index (κ1) is 21.3. The lowest BCUT2D eigenvalue weighted by molar-refractivity contribution is 0.0846. The van der Waals surface area contributed by atoms with E-state index in [-0.39, 0.29) is 5.91 Å². The normalized spacial score (nSPS) is 10.6. The molecule has 2 aromatic heterocycles. The monoisotopic (exact) mass is 446 g/mol. The second-order valence-electron chi connectivity index (χ2n) is 7.16. The lowest BCUT2D eigenvalue weighted by atomic mass is 10.2. The van der Waals surface area contributed by atoms with Crippen molar-refractivity contribution in [1.29, 1.82) is 0 Å². The largest absolute Gasteiger partial charge is 0.487 e. The van der Waals surface area contributed by atoms with Crippen molar-refractivity contribution in [1.82, 2.24) is 20.4 Å². The molecule has 0 aliphatic carbocycles. The third kappa shape index (κ3) is 4.70. The smallest absolute Gasteiger partial charge is 0.271 e. The highest BCUT2D eigenvalue weighted by Gasteiger charge is 2.17. The summed E-state index contributed by atoms with van der Waals surface area (Å²) in [7, 11) is 0. The molecule has 0 bridgehead atoms. The molecule has 0 fully saturated rings. The molecule has 32 heavy (non-hydrogen) atoms. The molecule has 2 N–H and O–H groups in total.